The highest BCUT2D eigenvalue weighted by molar-refractivity contribution is 6.24. The van der Waals surface area contributed by atoms with E-state index in [1.807, 2.05) is 30.3 Å². The number of nitrogens with one attached hydrogen (secondary N) is 1. The summed E-state index contributed by atoms with van der Waals surface area (Å²) in [5.74, 6) is 5.01. The summed E-state index contributed by atoms with van der Waals surface area (Å²) in [6, 6.07) is 7.95. The van der Waals surface area contributed by atoms with Crippen LogP contribution in [0.25, 0.3) is 6.08 Å². The molecule has 4 heteroatoms. The summed E-state index contributed by atoms with van der Waals surface area (Å²) in [6.45, 7) is 0.343. The van der Waals surface area contributed by atoms with Gasteiger partial charge < -0.3 is 10.2 Å². The number of hydrogen-bond donors (Lipinski definition) is 2. The predicted molar refractivity (Wildman–Crippen MR) is 57.8 cm³/mol. The average molecular weight is 211 g/mol. The lowest BCUT2D eigenvalue weighted by atomic mass is 10.1. The van der Waals surface area contributed by atoms with Gasteiger partial charge in [-0.15, -0.1) is 0 Å². The van der Waals surface area contributed by atoms with Crippen LogP contribution in [0.1, 0.15) is 5.56 Å². The maximum absolute atomic E-state index is 6.07. The molecule has 0 radical (unpaired) electrons. The van der Waals surface area contributed by atoms with Crippen LogP contribution < -0.4 is 11.2 Å². The van der Waals surface area contributed by atoms with Crippen molar-refractivity contribution >= 4 is 23.4 Å². The van der Waals surface area contributed by atoms with Gasteiger partial charge in [0.15, 0.2) is 0 Å². The van der Waals surface area contributed by atoms with Crippen molar-refractivity contribution in [2.75, 3.05) is 11.9 Å². The van der Waals surface area contributed by atoms with Crippen LogP contribution in [0.3, 0.4) is 0 Å². The Morgan fingerprint density at radius 3 is 3.00 bits per heavy atom. The molecule has 3 nitrogen and oxygen atoms in total. The number of nitrogens with two attached hydrogens (primary N) is 1. The van der Waals surface area contributed by atoms with E-state index in [1.54, 1.807) is 0 Å². The highest BCUT2D eigenvalue weighted by atomic mass is 35.5. The highest BCUT2D eigenvalue weighted by Gasteiger charge is 2.17. The predicted octanol–water partition coefficient (Wildman–Crippen LogP) is 1.95. The maximum atomic E-state index is 6.07. The molecule has 1 heterocycles. The Bertz CT molecular complexity index is 365. The quantitative estimate of drug-likeness (QED) is 0.446. The molecule has 14 heavy (non-hydrogen) atoms. The third-order valence-electron chi connectivity index (χ3n) is 2.16. The second-order valence-corrected chi connectivity index (χ2v) is 3.56. The van der Waals surface area contributed by atoms with E-state index in [1.165, 1.54) is 0 Å². The first-order chi connectivity index (χ1) is 6.81. The Labute approximate surface area is 87.5 Å². The molecule has 1 aromatic carbocycles. The molecule has 0 bridgehead atoms. The second kappa shape index (κ2) is 4.00. The molecular weight excluding hydrogens is 200 g/mol. The van der Waals surface area contributed by atoms with E-state index >= 15 is 0 Å². The minimum absolute atomic E-state index is 0.242. The Morgan fingerprint density at radius 2 is 2.21 bits per heavy atom. The molecule has 0 amide bonds. The van der Waals surface area contributed by atoms with Crippen LogP contribution in [-0.2, 0) is 4.84 Å². The Kier molecular flexibility index (Phi) is 2.72. The van der Waals surface area contributed by atoms with Crippen molar-refractivity contribution in [1.29, 1.82) is 0 Å². The van der Waals surface area contributed by atoms with E-state index < -0.39 is 0 Å². The molecule has 0 saturated heterocycles. The van der Waals surface area contributed by atoms with Gasteiger partial charge in [-0.1, -0.05) is 29.8 Å². The van der Waals surface area contributed by atoms with Gasteiger partial charge in [0.1, 0.15) is 5.50 Å². The Balaban J connectivity index is 2.34. The number of alkyl halides is 1. The molecule has 2 rings (SSSR count). The fourth-order valence-electron chi connectivity index (χ4n) is 1.47. The summed E-state index contributed by atoms with van der Waals surface area (Å²) in [7, 11) is 0. The van der Waals surface area contributed by atoms with Gasteiger partial charge in [0.25, 0.3) is 0 Å². The third-order valence-corrected chi connectivity index (χ3v) is 2.55. The molecule has 1 unspecified atom stereocenters. The molecule has 74 valence electrons. The normalized spacial score (nSPS) is 19.6. The van der Waals surface area contributed by atoms with Crippen LogP contribution in [0.15, 0.2) is 29.8 Å². The van der Waals surface area contributed by atoms with Crippen LogP contribution >= 0.6 is 11.6 Å². The summed E-state index contributed by atoms with van der Waals surface area (Å²) < 4.78 is 0. The molecule has 0 saturated carbocycles. The molecule has 1 aliphatic rings. The SMILES string of the molecule is NOCC1=Cc2ccccc2NC1Cl. The van der Waals surface area contributed by atoms with E-state index in [2.05, 4.69) is 10.2 Å². The fourth-order valence-corrected chi connectivity index (χ4v) is 1.71. The lowest BCUT2D eigenvalue weighted by Crippen LogP contribution is -2.23. The largest absolute Gasteiger partial charge is 0.365 e. The van der Waals surface area contributed by atoms with E-state index in [0.29, 0.717) is 6.61 Å². The molecule has 0 fully saturated rings. The Morgan fingerprint density at radius 1 is 1.43 bits per heavy atom. The van der Waals surface area contributed by atoms with E-state index in [-0.39, 0.29) is 5.50 Å². The van der Waals surface area contributed by atoms with E-state index in [4.69, 9.17) is 17.5 Å². The van der Waals surface area contributed by atoms with Gasteiger partial charge in [0, 0.05) is 5.69 Å². The van der Waals surface area contributed by atoms with Crippen molar-refractivity contribution in [3.05, 3.63) is 35.4 Å². The number of benzene rings is 1. The van der Waals surface area contributed by atoms with Gasteiger partial charge in [0.05, 0.1) is 6.61 Å². The lowest BCUT2D eigenvalue weighted by Gasteiger charge is -2.22. The first-order valence-electron chi connectivity index (χ1n) is 4.33. The molecule has 1 aromatic rings. The van der Waals surface area contributed by atoms with Gasteiger partial charge in [0.2, 0.25) is 0 Å². The zero-order valence-electron chi connectivity index (χ0n) is 7.53. The molecule has 3 N–H and O–H groups in total. The van der Waals surface area contributed by atoms with Crippen LogP contribution in [0.2, 0.25) is 0 Å². The zero-order valence-corrected chi connectivity index (χ0v) is 8.29. The number of anilines is 1. The van der Waals surface area contributed by atoms with Crippen molar-refractivity contribution in [3.63, 3.8) is 0 Å². The Hall–Kier alpha value is -1.03. The van der Waals surface area contributed by atoms with Gasteiger partial charge in [-0.25, -0.2) is 5.90 Å². The summed E-state index contributed by atoms with van der Waals surface area (Å²) >= 11 is 6.07. The second-order valence-electron chi connectivity index (χ2n) is 3.12. The van der Waals surface area contributed by atoms with E-state index in [9.17, 15) is 0 Å². The van der Waals surface area contributed by atoms with Crippen molar-refractivity contribution in [2.24, 2.45) is 5.90 Å². The third kappa shape index (κ3) is 1.75. The molecule has 1 aliphatic heterocycles. The van der Waals surface area contributed by atoms with Gasteiger partial charge in [-0.3, -0.25) is 0 Å². The summed E-state index contributed by atoms with van der Waals surface area (Å²) in [4.78, 5) is 4.57. The minimum Gasteiger partial charge on any atom is -0.365 e. The monoisotopic (exact) mass is 210 g/mol. The first kappa shape index (κ1) is 9.52. The summed E-state index contributed by atoms with van der Waals surface area (Å²) in [6.07, 6.45) is 2.00. The smallest absolute Gasteiger partial charge is 0.126 e. The van der Waals surface area contributed by atoms with E-state index in [0.717, 1.165) is 16.8 Å². The number of halogens is 1. The molecule has 0 aromatic heterocycles. The van der Waals surface area contributed by atoms with Crippen LogP contribution in [0, 0.1) is 0 Å². The average Bonchev–Trinajstić information content (AvgIpc) is 2.19. The lowest BCUT2D eigenvalue weighted by molar-refractivity contribution is 0.160. The molecule has 1 atom stereocenters. The molecule has 0 spiro atoms. The zero-order chi connectivity index (χ0) is 9.97. The number of fused-ring (bicyclic) bond motifs is 1. The summed E-state index contributed by atoms with van der Waals surface area (Å²) in [5, 5.41) is 3.16. The highest BCUT2D eigenvalue weighted by Crippen LogP contribution is 2.28. The first-order valence-corrected chi connectivity index (χ1v) is 4.76. The van der Waals surface area contributed by atoms with Gasteiger partial charge >= 0.3 is 0 Å². The number of rotatable bonds is 2. The van der Waals surface area contributed by atoms with Crippen molar-refractivity contribution < 1.29 is 4.84 Å². The topological polar surface area (TPSA) is 47.3 Å². The summed E-state index contributed by atoms with van der Waals surface area (Å²) in [5.41, 5.74) is 2.84. The minimum atomic E-state index is -0.242. The number of hydrogen-bond acceptors (Lipinski definition) is 3. The van der Waals surface area contributed by atoms with Crippen molar-refractivity contribution in [1.82, 2.24) is 0 Å². The number of para-hydroxylation sites is 1. The molecular formula is C10H11ClN2O. The standard InChI is InChI=1S/C10H11ClN2O/c11-10-8(6-14-12)5-7-3-1-2-4-9(7)13-10/h1-5,10,13H,6,12H2. The van der Waals surface area contributed by atoms with Crippen LogP contribution in [0.4, 0.5) is 5.69 Å². The van der Waals surface area contributed by atoms with Crippen LogP contribution in [0.5, 0.6) is 0 Å². The van der Waals surface area contributed by atoms with Crippen LogP contribution in [-0.4, -0.2) is 12.1 Å². The fraction of sp³-hybridized carbons (Fsp3) is 0.200. The molecule has 0 aliphatic carbocycles. The maximum Gasteiger partial charge on any atom is 0.126 e. The van der Waals surface area contributed by atoms with Crippen molar-refractivity contribution in [2.45, 2.75) is 5.50 Å². The van der Waals surface area contributed by atoms with Gasteiger partial charge in [-0.2, -0.15) is 0 Å². The van der Waals surface area contributed by atoms with Gasteiger partial charge in [-0.05, 0) is 23.3 Å². The van der Waals surface area contributed by atoms with Crippen molar-refractivity contribution in [3.8, 4) is 0 Å².